The number of hydrogen-bond donors (Lipinski definition) is 0. The molecule has 0 aliphatic rings. The minimum atomic E-state index is 0.0856. The van der Waals surface area contributed by atoms with Crippen molar-refractivity contribution in [2.24, 2.45) is 0 Å². The van der Waals surface area contributed by atoms with Crippen LogP contribution < -0.4 is 0 Å². The molecule has 0 N–H and O–H groups in total. The van der Waals surface area contributed by atoms with Crippen LogP contribution in [0, 0.1) is 6.92 Å². The number of carbonyl (C=O) groups excluding carboxylic acids is 1. The minimum Gasteiger partial charge on any atom is -0.464 e. The van der Waals surface area contributed by atoms with E-state index in [1.165, 1.54) is 5.56 Å². The number of benzene rings is 1. The van der Waals surface area contributed by atoms with Crippen LogP contribution in [0.3, 0.4) is 0 Å². The van der Waals surface area contributed by atoms with Gasteiger partial charge in [-0.1, -0.05) is 30.3 Å². The molecule has 0 saturated heterocycles. The molecule has 0 fully saturated rings. The third-order valence-corrected chi connectivity index (χ3v) is 3.32. The van der Waals surface area contributed by atoms with E-state index in [-0.39, 0.29) is 5.91 Å². The van der Waals surface area contributed by atoms with Crippen LogP contribution >= 0.6 is 0 Å². The van der Waals surface area contributed by atoms with Crippen LogP contribution in [-0.2, 0) is 17.9 Å². The van der Waals surface area contributed by atoms with Gasteiger partial charge in [0.2, 0.25) is 5.91 Å². The third kappa shape index (κ3) is 4.76. The average Bonchev–Trinajstić information content (AvgIpc) is 2.85. The fraction of sp³-hybridized carbons (Fsp3) is 0.353. The fourth-order valence-electron chi connectivity index (χ4n) is 2.19. The summed E-state index contributed by atoms with van der Waals surface area (Å²) in [5.74, 6) is 1.77. The zero-order valence-corrected chi connectivity index (χ0v) is 12.9. The van der Waals surface area contributed by atoms with Gasteiger partial charge in [-0.15, -0.1) is 0 Å². The maximum Gasteiger partial charge on any atom is 0.236 e. The fourth-order valence-corrected chi connectivity index (χ4v) is 2.19. The minimum absolute atomic E-state index is 0.0856. The lowest BCUT2D eigenvalue weighted by Gasteiger charge is -2.21. The monoisotopic (exact) mass is 286 g/mol. The molecule has 0 atom stereocenters. The number of likely N-dealkylation sites (N-methyl/N-ethyl adjacent to an activating group) is 2. The zero-order chi connectivity index (χ0) is 15.2. The molecule has 0 aliphatic heterocycles. The molecule has 1 amide bonds. The molecule has 0 bridgehead atoms. The molecular formula is C17H22N2O2. The zero-order valence-electron chi connectivity index (χ0n) is 12.9. The third-order valence-electron chi connectivity index (χ3n) is 3.32. The molecule has 1 aromatic carbocycles. The van der Waals surface area contributed by atoms with Gasteiger partial charge in [0, 0.05) is 13.6 Å². The van der Waals surface area contributed by atoms with E-state index in [1.807, 2.05) is 49.2 Å². The van der Waals surface area contributed by atoms with Crippen LogP contribution in [-0.4, -0.2) is 36.3 Å². The van der Waals surface area contributed by atoms with Crippen molar-refractivity contribution >= 4 is 5.91 Å². The number of amides is 1. The Hall–Kier alpha value is -2.07. The summed E-state index contributed by atoms with van der Waals surface area (Å²) in [7, 11) is 3.76. The second-order valence-electron chi connectivity index (χ2n) is 5.42. The molecule has 0 radical (unpaired) electrons. The molecule has 1 aromatic heterocycles. The molecule has 0 saturated carbocycles. The number of rotatable bonds is 6. The van der Waals surface area contributed by atoms with Crippen molar-refractivity contribution in [2.75, 3.05) is 20.6 Å². The van der Waals surface area contributed by atoms with Crippen molar-refractivity contribution in [3.8, 4) is 0 Å². The Labute approximate surface area is 126 Å². The van der Waals surface area contributed by atoms with Crippen molar-refractivity contribution in [2.45, 2.75) is 20.0 Å². The lowest BCUT2D eigenvalue weighted by atomic mass is 10.2. The molecule has 4 nitrogen and oxygen atoms in total. The Morgan fingerprint density at radius 2 is 1.76 bits per heavy atom. The number of aryl methyl sites for hydroxylation is 1. The van der Waals surface area contributed by atoms with E-state index in [2.05, 4.69) is 12.1 Å². The first-order valence-electron chi connectivity index (χ1n) is 7.06. The SMILES string of the molecule is Cc1ccc(CN(C)C(=O)CN(C)Cc2ccccc2)o1. The van der Waals surface area contributed by atoms with E-state index in [1.54, 1.807) is 11.9 Å². The van der Waals surface area contributed by atoms with Crippen LogP contribution in [0.2, 0.25) is 0 Å². The maximum atomic E-state index is 12.2. The molecule has 2 aromatic rings. The average molecular weight is 286 g/mol. The molecule has 2 rings (SSSR count). The first-order chi connectivity index (χ1) is 10.0. The molecule has 1 heterocycles. The van der Waals surface area contributed by atoms with Crippen LogP contribution in [0.15, 0.2) is 46.9 Å². The van der Waals surface area contributed by atoms with Gasteiger partial charge >= 0.3 is 0 Å². The summed E-state index contributed by atoms with van der Waals surface area (Å²) in [5.41, 5.74) is 1.21. The summed E-state index contributed by atoms with van der Waals surface area (Å²) in [6.45, 7) is 3.57. The molecular weight excluding hydrogens is 264 g/mol. The number of hydrogen-bond acceptors (Lipinski definition) is 3. The predicted molar refractivity (Wildman–Crippen MR) is 82.7 cm³/mol. The highest BCUT2D eigenvalue weighted by Crippen LogP contribution is 2.09. The second kappa shape index (κ2) is 7.09. The van der Waals surface area contributed by atoms with Crippen molar-refractivity contribution in [1.82, 2.24) is 9.80 Å². The van der Waals surface area contributed by atoms with Crippen molar-refractivity contribution in [3.63, 3.8) is 0 Å². The largest absolute Gasteiger partial charge is 0.464 e. The predicted octanol–water partition coefficient (Wildman–Crippen LogP) is 2.68. The van der Waals surface area contributed by atoms with E-state index < -0.39 is 0 Å². The molecule has 112 valence electrons. The Bertz CT molecular complexity index is 577. The van der Waals surface area contributed by atoms with Gasteiger partial charge in [-0.2, -0.15) is 0 Å². The van der Waals surface area contributed by atoms with Crippen LogP contribution in [0.1, 0.15) is 17.1 Å². The highest BCUT2D eigenvalue weighted by atomic mass is 16.3. The van der Waals surface area contributed by atoms with E-state index in [0.29, 0.717) is 13.1 Å². The van der Waals surface area contributed by atoms with E-state index in [9.17, 15) is 4.79 Å². The summed E-state index contributed by atoms with van der Waals surface area (Å²) in [6.07, 6.45) is 0. The Morgan fingerprint density at radius 1 is 1.05 bits per heavy atom. The Morgan fingerprint density at radius 3 is 2.38 bits per heavy atom. The van der Waals surface area contributed by atoms with E-state index in [4.69, 9.17) is 4.42 Å². The van der Waals surface area contributed by atoms with Crippen LogP contribution in [0.5, 0.6) is 0 Å². The van der Waals surface area contributed by atoms with Gasteiger partial charge in [0.1, 0.15) is 11.5 Å². The summed E-state index contributed by atoms with van der Waals surface area (Å²) in [5, 5.41) is 0. The van der Waals surface area contributed by atoms with Crippen molar-refractivity contribution < 1.29 is 9.21 Å². The number of furan rings is 1. The quantitative estimate of drug-likeness (QED) is 0.819. The molecule has 0 unspecified atom stereocenters. The Balaban J connectivity index is 1.82. The highest BCUT2D eigenvalue weighted by Gasteiger charge is 2.13. The smallest absolute Gasteiger partial charge is 0.236 e. The van der Waals surface area contributed by atoms with Crippen molar-refractivity contribution in [3.05, 3.63) is 59.5 Å². The van der Waals surface area contributed by atoms with E-state index >= 15 is 0 Å². The van der Waals surface area contributed by atoms with Gasteiger partial charge in [0.25, 0.3) is 0 Å². The maximum absolute atomic E-state index is 12.2. The number of carbonyl (C=O) groups is 1. The second-order valence-corrected chi connectivity index (χ2v) is 5.42. The van der Waals surface area contributed by atoms with Gasteiger partial charge in [-0.05, 0) is 31.7 Å². The molecule has 21 heavy (non-hydrogen) atoms. The van der Waals surface area contributed by atoms with Crippen LogP contribution in [0.25, 0.3) is 0 Å². The van der Waals surface area contributed by atoms with Gasteiger partial charge in [-0.25, -0.2) is 0 Å². The molecule has 4 heteroatoms. The highest BCUT2D eigenvalue weighted by molar-refractivity contribution is 5.77. The normalized spacial score (nSPS) is 10.9. The number of nitrogens with zero attached hydrogens (tertiary/aromatic N) is 2. The standard InChI is InChI=1S/C17H22N2O2/c1-14-9-10-16(21-14)12-19(3)17(20)13-18(2)11-15-7-5-4-6-8-15/h4-10H,11-13H2,1-3H3. The summed E-state index contributed by atoms with van der Waals surface area (Å²) < 4.78 is 5.50. The van der Waals surface area contributed by atoms with E-state index in [0.717, 1.165) is 18.1 Å². The van der Waals surface area contributed by atoms with Gasteiger partial charge < -0.3 is 9.32 Å². The van der Waals surface area contributed by atoms with Crippen LogP contribution in [0.4, 0.5) is 0 Å². The summed E-state index contributed by atoms with van der Waals surface area (Å²) in [4.78, 5) is 15.9. The Kier molecular flexibility index (Phi) is 5.17. The molecule has 0 aliphatic carbocycles. The lowest BCUT2D eigenvalue weighted by molar-refractivity contribution is -0.131. The lowest BCUT2D eigenvalue weighted by Crippen LogP contribution is -2.35. The van der Waals surface area contributed by atoms with Gasteiger partial charge in [0.05, 0.1) is 13.1 Å². The summed E-state index contributed by atoms with van der Waals surface area (Å²) in [6, 6.07) is 14.0. The topological polar surface area (TPSA) is 36.7 Å². The summed E-state index contributed by atoms with van der Waals surface area (Å²) >= 11 is 0. The van der Waals surface area contributed by atoms with Crippen molar-refractivity contribution in [1.29, 1.82) is 0 Å². The van der Waals surface area contributed by atoms with Gasteiger partial charge in [0.15, 0.2) is 0 Å². The first kappa shape index (κ1) is 15.3. The van der Waals surface area contributed by atoms with Gasteiger partial charge in [-0.3, -0.25) is 9.69 Å². The first-order valence-corrected chi connectivity index (χ1v) is 7.06. The molecule has 0 spiro atoms.